The molecule has 0 radical (unpaired) electrons. The van der Waals surface area contributed by atoms with Crippen LogP contribution in [0, 0.1) is 11.3 Å². The minimum atomic E-state index is -0.134. The first kappa shape index (κ1) is 7.07. The third-order valence-electron chi connectivity index (χ3n) is 1.56. The van der Waals surface area contributed by atoms with Crippen molar-refractivity contribution in [2.45, 2.75) is 0 Å². The van der Waals surface area contributed by atoms with Crippen LogP contribution in [-0.4, -0.2) is 4.98 Å². The van der Waals surface area contributed by atoms with E-state index in [0.717, 1.165) is 4.70 Å². The van der Waals surface area contributed by atoms with Gasteiger partial charge in [-0.1, -0.05) is 0 Å². The Morgan fingerprint density at radius 3 is 3.08 bits per heavy atom. The van der Waals surface area contributed by atoms with Crippen molar-refractivity contribution in [3.05, 3.63) is 33.6 Å². The van der Waals surface area contributed by atoms with E-state index in [1.54, 1.807) is 18.3 Å². The largest absolute Gasteiger partial charge is 0.329 e. The average Bonchev–Trinajstić information content (AvgIpc) is 2.49. The number of nitriles is 1. The Morgan fingerprint density at radius 1 is 1.58 bits per heavy atom. The Kier molecular flexibility index (Phi) is 1.45. The highest BCUT2D eigenvalue weighted by atomic mass is 32.1. The van der Waals surface area contributed by atoms with Crippen LogP contribution in [0.5, 0.6) is 0 Å². The lowest BCUT2D eigenvalue weighted by atomic mass is 10.3. The number of thiophene rings is 1. The van der Waals surface area contributed by atoms with E-state index in [0.29, 0.717) is 10.3 Å². The standard InChI is InChI=1S/C8H4N2OS/c9-4-5-3-6-7(12-5)1-2-10-8(6)11/h1-3H,(H,10,11). The predicted octanol–water partition coefficient (Wildman–Crippen LogP) is 1.46. The highest BCUT2D eigenvalue weighted by molar-refractivity contribution is 7.19. The summed E-state index contributed by atoms with van der Waals surface area (Å²) in [5, 5.41) is 9.17. The number of hydrogen-bond acceptors (Lipinski definition) is 3. The van der Waals surface area contributed by atoms with E-state index in [1.165, 1.54) is 11.3 Å². The molecule has 0 amide bonds. The van der Waals surface area contributed by atoms with Crippen molar-refractivity contribution < 1.29 is 0 Å². The average molecular weight is 176 g/mol. The Labute approximate surface area is 71.9 Å². The summed E-state index contributed by atoms with van der Waals surface area (Å²) in [4.78, 5) is 14.3. The fraction of sp³-hybridized carbons (Fsp3) is 0. The number of aromatic nitrogens is 1. The second kappa shape index (κ2) is 2.47. The lowest BCUT2D eigenvalue weighted by Crippen LogP contribution is -2.01. The highest BCUT2D eigenvalue weighted by Crippen LogP contribution is 2.20. The third-order valence-corrected chi connectivity index (χ3v) is 2.57. The number of fused-ring (bicyclic) bond motifs is 1. The third kappa shape index (κ3) is 0.917. The first-order valence-corrected chi connectivity index (χ1v) is 4.14. The van der Waals surface area contributed by atoms with Crippen LogP contribution in [0.25, 0.3) is 10.1 Å². The molecule has 0 bridgehead atoms. The van der Waals surface area contributed by atoms with Gasteiger partial charge in [0, 0.05) is 10.9 Å². The van der Waals surface area contributed by atoms with Gasteiger partial charge in [-0.15, -0.1) is 11.3 Å². The molecule has 58 valence electrons. The number of hydrogen-bond donors (Lipinski definition) is 1. The smallest absolute Gasteiger partial charge is 0.256 e. The van der Waals surface area contributed by atoms with Gasteiger partial charge < -0.3 is 4.98 Å². The monoisotopic (exact) mass is 176 g/mol. The van der Waals surface area contributed by atoms with E-state index in [4.69, 9.17) is 5.26 Å². The first-order valence-electron chi connectivity index (χ1n) is 3.32. The molecular formula is C8H4N2OS. The predicted molar refractivity (Wildman–Crippen MR) is 47.2 cm³/mol. The van der Waals surface area contributed by atoms with Crippen molar-refractivity contribution in [3.8, 4) is 6.07 Å². The van der Waals surface area contributed by atoms with Gasteiger partial charge in [-0.3, -0.25) is 4.79 Å². The van der Waals surface area contributed by atoms with Crippen LogP contribution in [0.2, 0.25) is 0 Å². The van der Waals surface area contributed by atoms with Gasteiger partial charge in [0.15, 0.2) is 0 Å². The highest BCUT2D eigenvalue weighted by Gasteiger charge is 2.02. The number of rotatable bonds is 0. The fourth-order valence-corrected chi connectivity index (χ4v) is 1.89. The Morgan fingerprint density at radius 2 is 2.42 bits per heavy atom. The molecule has 0 aromatic carbocycles. The normalized spacial score (nSPS) is 9.92. The molecule has 0 aliphatic heterocycles. The van der Waals surface area contributed by atoms with Crippen molar-refractivity contribution in [2.75, 3.05) is 0 Å². The molecule has 0 saturated carbocycles. The van der Waals surface area contributed by atoms with Gasteiger partial charge in [0.2, 0.25) is 0 Å². The summed E-state index contributed by atoms with van der Waals surface area (Å²) in [6.07, 6.45) is 1.59. The molecule has 2 aromatic heterocycles. The summed E-state index contributed by atoms with van der Waals surface area (Å²) < 4.78 is 0.857. The van der Waals surface area contributed by atoms with E-state index in [9.17, 15) is 4.79 Å². The number of aromatic amines is 1. The van der Waals surface area contributed by atoms with Crippen LogP contribution < -0.4 is 5.56 Å². The first-order chi connectivity index (χ1) is 5.81. The maximum Gasteiger partial charge on any atom is 0.256 e. The van der Waals surface area contributed by atoms with Crippen LogP contribution in [0.15, 0.2) is 23.1 Å². The summed E-state index contributed by atoms with van der Waals surface area (Å²) in [6.45, 7) is 0. The van der Waals surface area contributed by atoms with Crippen molar-refractivity contribution in [1.82, 2.24) is 4.98 Å². The fourth-order valence-electron chi connectivity index (χ4n) is 1.03. The summed E-state index contributed by atoms with van der Waals surface area (Å²) >= 11 is 1.33. The minimum absolute atomic E-state index is 0.134. The molecule has 12 heavy (non-hydrogen) atoms. The summed E-state index contributed by atoms with van der Waals surface area (Å²) in [5.74, 6) is 0. The van der Waals surface area contributed by atoms with Crippen LogP contribution >= 0.6 is 11.3 Å². The SMILES string of the molecule is N#Cc1cc2c(=O)[nH]ccc2s1. The van der Waals surface area contributed by atoms with E-state index < -0.39 is 0 Å². The second-order valence-corrected chi connectivity index (χ2v) is 3.39. The Bertz CT molecular complexity index is 518. The minimum Gasteiger partial charge on any atom is -0.329 e. The van der Waals surface area contributed by atoms with Crippen LogP contribution in [0.4, 0.5) is 0 Å². The van der Waals surface area contributed by atoms with Crippen LogP contribution in [-0.2, 0) is 0 Å². The van der Waals surface area contributed by atoms with E-state index >= 15 is 0 Å². The Balaban J connectivity index is 2.95. The maximum absolute atomic E-state index is 11.1. The number of pyridine rings is 1. The number of nitrogens with zero attached hydrogens (tertiary/aromatic N) is 1. The lowest BCUT2D eigenvalue weighted by Gasteiger charge is -1.83. The van der Waals surface area contributed by atoms with Gasteiger partial charge in [-0.25, -0.2) is 0 Å². The van der Waals surface area contributed by atoms with Crippen molar-refractivity contribution in [2.24, 2.45) is 0 Å². The zero-order valence-electron chi connectivity index (χ0n) is 6.00. The summed E-state index contributed by atoms with van der Waals surface area (Å²) in [7, 11) is 0. The van der Waals surface area contributed by atoms with Crippen molar-refractivity contribution in [3.63, 3.8) is 0 Å². The van der Waals surface area contributed by atoms with Gasteiger partial charge in [0.05, 0.1) is 5.39 Å². The second-order valence-electron chi connectivity index (χ2n) is 2.31. The Hall–Kier alpha value is -1.60. The quantitative estimate of drug-likeness (QED) is 0.660. The van der Waals surface area contributed by atoms with E-state index in [2.05, 4.69) is 4.98 Å². The van der Waals surface area contributed by atoms with Crippen LogP contribution in [0.1, 0.15) is 4.88 Å². The molecule has 0 unspecified atom stereocenters. The topological polar surface area (TPSA) is 56.6 Å². The van der Waals surface area contributed by atoms with Gasteiger partial charge in [0.1, 0.15) is 10.9 Å². The molecule has 4 heteroatoms. The molecule has 0 aliphatic carbocycles. The molecule has 0 aliphatic rings. The zero-order chi connectivity index (χ0) is 8.55. The van der Waals surface area contributed by atoms with Gasteiger partial charge in [-0.05, 0) is 12.1 Å². The summed E-state index contributed by atoms with van der Waals surface area (Å²) in [5.41, 5.74) is -0.134. The van der Waals surface area contributed by atoms with Crippen LogP contribution in [0.3, 0.4) is 0 Å². The van der Waals surface area contributed by atoms with E-state index in [1.807, 2.05) is 6.07 Å². The number of H-pyrrole nitrogens is 1. The number of nitrogens with one attached hydrogen (secondary N) is 1. The maximum atomic E-state index is 11.1. The van der Waals surface area contributed by atoms with Crippen molar-refractivity contribution in [1.29, 1.82) is 5.26 Å². The zero-order valence-corrected chi connectivity index (χ0v) is 6.81. The molecule has 2 heterocycles. The molecule has 0 atom stereocenters. The van der Waals surface area contributed by atoms with Gasteiger partial charge in [-0.2, -0.15) is 5.26 Å². The van der Waals surface area contributed by atoms with Gasteiger partial charge in [0.25, 0.3) is 5.56 Å². The molecular weight excluding hydrogens is 172 g/mol. The molecule has 0 spiro atoms. The molecule has 2 aromatic rings. The molecule has 3 nitrogen and oxygen atoms in total. The summed E-state index contributed by atoms with van der Waals surface area (Å²) in [6, 6.07) is 5.41. The van der Waals surface area contributed by atoms with E-state index in [-0.39, 0.29) is 5.56 Å². The van der Waals surface area contributed by atoms with Crippen molar-refractivity contribution >= 4 is 21.4 Å². The molecule has 0 fully saturated rings. The molecule has 2 rings (SSSR count). The molecule has 1 N–H and O–H groups in total. The lowest BCUT2D eigenvalue weighted by molar-refractivity contribution is 1.28. The van der Waals surface area contributed by atoms with Gasteiger partial charge >= 0.3 is 0 Å². The molecule has 0 saturated heterocycles.